The summed E-state index contributed by atoms with van der Waals surface area (Å²) in [6, 6.07) is 0.390. The molecule has 1 aliphatic carbocycles. The van der Waals surface area contributed by atoms with Crippen molar-refractivity contribution in [1.82, 2.24) is 5.32 Å². The standard InChI is InChI=1S/C17H32F3N/c1-4-6-7-13(5-2)12-16(21-3)14-8-10-15(11-9-14)17(18,19)20/h13-16,21H,4-12H2,1-3H3. The number of halogens is 3. The van der Waals surface area contributed by atoms with E-state index in [2.05, 4.69) is 19.2 Å². The summed E-state index contributed by atoms with van der Waals surface area (Å²) in [6.07, 6.45) is 4.11. The second-order valence-corrected chi connectivity index (χ2v) is 6.70. The van der Waals surface area contributed by atoms with Gasteiger partial charge < -0.3 is 5.32 Å². The zero-order valence-corrected chi connectivity index (χ0v) is 13.8. The summed E-state index contributed by atoms with van der Waals surface area (Å²) in [5.74, 6) is 0.0698. The fraction of sp³-hybridized carbons (Fsp3) is 1.00. The quantitative estimate of drug-likeness (QED) is 0.620. The van der Waals surface area contributed by atoms with Crippen LogP contribution in [0.3, 0.4) is 0 Å². The van der Waals surface area contributed by atoms with Crippen LogP contribution in [-0.2, 0) is 0 Å². The monoisotopic (exact) mass is 307 g/mol. The molecule has 0 aromatic rings. The van der Waals surface area contributed by atoms with Crippen molar-refractivity contribution in [3.05, 3.63) is 0 Å². The van der Waals surface area contributed by atoms with E-state index in [0.717, 1.165) is 19.3 Å². The molecule has 0 radical (unpaired) electrons. The van der Waals surface area contributed by atoms with Crippen LogP contribution in [0.1, 0.15) is 71.6 Å². The SMILES string of the molecule is CCCCC(CC)CC(NC)C1CCC(C(F)(F)F)CC1. The van der Waals surface area contributed by atoms with E-state index in [4.69, 9.17) is 0 Å². The molecule has 21 heavy (non-hydrogen) atoms. The molecule has 0 bridgehead atoms. The summed E-state index contributed by atoms with van der Waals surface area (Å²) in [7, 11) is 1.97. The largest absolute Gasteiger partial charge is 0.391 e. The van der Waals surface area contributed by atoms with Crippen LogP contribution >= 0.6 is 0 Å². The Bertz CT molecular complexity index is 270. The van der Waals surface area contributed by atoms with Gasteiger partial charge in [0.15, 0.2) is 0 Å². The van der Waals surface area contributed by atoms with Gasteiger partial charge in [0.05, 0.1) is 5.92 Å². The molecule has 2 atom stereocenters. The Morgan fingerprint density at radius 1 is 1.10 bits per heavy atom. The summed E-state index contributed by atoms with van der Waals surface area (Å²) in [4.78, 5) is 0. The molecule has 0 saturated heterocycles. The van der Waals surface area contributed by atoms with Gasteiger partial charge in [0.1, 0.15) is 0 Å². The fourth-order valence-corrected chi connectivity index (χ4v) is 3.74. The predicted octanol–water partition coefficient (Wildman–Crippen LogP) is 5.55. The molecule has 1 nitrogen and oxygen atoms in total. The number of hydrogen-bond acceptors (Lipinski definition) is 1. The normalized spacial score (nSPS) is 26.6. The maximum absolute atomic E-state index is 12.7. The lowest BCUT2D eigenvalue weighted by atomic mass is 9.75. The molecule has 2 unspecified atom stereocenters. The first-order valence-corrected chi connectivity index (χ1v) is 8.66. The minimum absolute atomic E-state index is 0.318. The molecule has 0 heterocycles. The Morgan fingerprint density at radius 3 is 2.14 bits per heavy atom. The van der Waals surface area contributed by atoms with E-state index in [1.54, 1.807) is 0 Å². The molecule has 1 rings (SSSR count). The van der Waals surface area contributed by atoms with Crippen molar-refractivity contribution in [3.8, 4) is 0 Å². The number of alkyl halides is 3. The van der Waals surface area contributed by atoms with Gasteiger partial charge in [-0.05, 0) is 51.0 Å². The van der Waals surface area contributed by atoms with Gasteiger partial charge in [0, 0.05) is 6.04 Å². The molecule has 0 aromatic carbocycles. The van der Waals surface area contributed by atoms with E-state index < -0.39 is 12.1 Å². The first-order valence-electron chi connectivity index (χ1n) is 8.66. The van der Waals surface area contributed by atoms with Crippen LogP contribution in [0.2, 0.25) is 0 Å². The van der Waals surface area contributed by atoms with Gasteiger partial charge in [0.25, 0.3) is 0 Å². The summed E-state index contributed by atoms with van der Waals surface area (Å²) in [6.45, 7) is 4.44. The average molecular weight is 307 g/mol. The minimum Gasteiger partial charge on any atom is -0.317 e. The third-order valence-electron chi connectivity index (χ3n) is 5.31. The Hall–Kier alpha value is -0.250. The van der Waals surface area contributed by atoms with Gasteiger partial charge in [-0.3, -0.25) is 0 Å². The smallest absolute Gasteiger partial charge is 0.317 e. The first kappa shape index (κ1) is 18.8. The number of hydrogen-bond donors (Lipinski definition) is 1. The topological polar surface area (TPSA) is 12.0 Å². The van der Waals surface area contributed by atoms with Gasteiger partial charge in [-0.15, -0.1) is 0 Å². The maximum atomic E-state index is 12.7. The summed E-state index contributed by atoms with van der Waals surface area (Å²) in [5.41, 5.74) is 0. The lowest BCUT2D eigenvalue weighted by molar-refractivity contribution is -0.184. The molecule has 4 heteroatoms. The van der Waals surface area contributed by atoms with Crippen LogP contribution in [-0.4, -0.2) is 19.3 Å². The highest BCUT2D eigenvalue weighted by Gasteiger charge is 2.42. The van der Waals surface area contributed by atoms with Crippen molar-refractivity contribution in [2.24, 2.45) is 17.8 Å². The zero-order chi connectivity index (χ0) is 15.9. The van der Waals surface area contributed by atoms with Crippen molar-refractivity contribution < 1.29 is 13.2 Å². The Morgan fingerprint density at radius 2 is 1.71 bits per heavy atom. The number of unbranched alkanes of at least 4 members (excludes halogenated alkanes) is 1. The summed E-state index contributed by atoms with van der Waals surface area (Å²) < 4.78 is 38.2. The number of rotatable bonds is 8. The summed E-state index contributed by atoms with van der Waals surface area (Å²) in [5, 5.41) is 3.39. The minimum atomic E-state index is -3.99. The van der Waals surface area contributed by atoms with Crippen LogP contribution in [0.4, 0.5) is 13.2 Å². The van der Waals surface area contributed by atoms with Gasteiger partial charge in [-0.25, -0.2) is 0 Å². The van der Waals surface area contributed by atoms with E-state index in [0.29, 0.717) is 30.7 Å². The van der Waals surface area contributed by atoms with Crippen molar-refractivity contribution in [1.29, 1.82) is 0 Å². The molecule has 1 N–H and O–H groups in total. The van der Waals surface area contributed by atoms with E-state index in [1.165, 1.54) is 25.7 Å². The highest BCUT2D eigenvalue weighted by molar-refractivity contribution is 4.84. The lowest BCUT2D eigenvalue weighted by Crippen LogP contribution is -2.39. The molecule has 0 aromatic heterocycles. The Balaban J connectivity index is 2.46. The molecule has 1 fully saturated rings. The average Bonchev–Trinajstić information content (AvgIpc) is 2.47. The maximum Gasteiger partial charge on any atom is 0.391 e. The molecule has 0 aliphatic heterocycles. The first-order chi connectivity index (χ1) is 9.92. The van der Waals surface area contributed by atoms with E-state index in [9.17, 15) is 13.2 Å². The molecular formula is C17H32F3N. The third kappa shape index (κ3) is 6.17. The van der Waals surface area contributed by atoms with Crippen molar-refractivity contribution in [3.63, 3.8) is 0 Å². The van der Waals surface area contributed by atoms with Gasteiger partial charge in [0.2, 0.25) is 0 Å². The summed E-state index contributed by atoms with van der Waals surface area (Å²) >= 11 is 0. The van der Waals surface area contributed by atoms with Crippen LogP contribution in [0, 0.1) is 17.8 Å². The van der Waals surface area contributed by atoms with Crippen molar-refractivity contribution >= 4 is 0 Å². The van der Waals surface area contributed by atoms with Crippen LogP contribution in [0.25, 0.3) is 0 Å². The fourth-order valence-electron chi connectivity index (χ4n) is 3.74. The van der Waals surface area contributed by atoms with E-state index >= 15 is 0 Å². The second-order valence-electron chi connectivity index (χ2n) is 6.70. The van der Waals surface area contributed by atoms with Crippen LogP contribution in [0.5, 0.6) is 0 Å². The molecule has 0 amide bonds. The van der Waals surface area contributed by atoms with E-state index in [1.807, 2.05) is 7.05 Å². The molecule has 1 aliphatic rings. The van der Waals surface area contributed by atoms with E-state index in [-0.39, 0.29) is 0 Å². The Kier molecular flexibility index (Phi) is 8.07. The molecular weight excluding hydrogens is 275 g/mol. The van der Waals surface area contributed by atoms with Gasteiger partial charge in [-0.2, -0.15) is 13.2 Å². The molecule has 0 spiro atoms. The van der Waals surface area contributed by atoms with Crippen molar-refractivity contribution in [2.45, 2.75) is 83.9 Å². The lowest BCUT2D eigenvalue weighted by Gasteiger charge is -2.36. The zero-order valence-electron chi connectivity index (χ0n) is 13.8. The predicted molar refractivity (Wildman–Crippen MR) is 82.3 cm³/mol. The highest BCUT2D eigenvalue weighted by Crippen LogP contribution is 2.41. The molecule has 1 saturated carbocycles. The second kappa shape index (κ2) is 9.02. The van der Waals surface area contributed by atoms with Crippen molar-refractivity contribution in [2.75, 3.05) is 7.05 Å². The molecule has 126 valence electrons. The van der Waals surface area contributed by atoms with Crippen LogP contribution in [0.15, 0.2) is 0 Å². The number of nitrogens with one attached hydrogen (secondary N) is 1. The Labute approximate surface area is 128 Å². The van der Waals surface area contributed by atoms with Gasteiger partial charge in [-0.1, -0.05) is 39.5 Å². The van der Waals surface area contributed by atoms with Crippen LogP contribution < -0.4 is 5.32 Å². The third-order valence-corrected chi connectivity index (χ3v) is 5.31. The van der Waals surface area contributed by atoms with Gasteiger partial charge >= 0.3 is 6.18 Å². The highest BCUT2D eigenvalue weighted by atomic mass is 19.4.